The summed E-state index contributed by atoms with van der Waals surface area (Å²) in [4.78, 5) is 11.4. The van der Waals surface area contributed by atoms with E-state index in [2.05, 4.69) is 33.8 Å². The predicted octanol–water partition coefficient (Wildman–Crippen LogP) is 3.74. The summed E-state index contributed by atoms with van der Waals surface area (Å²) in [5, 5.41) is 0. The lowest BCUT2D eigenvalue weighted by Crippen LogP contribution is -2.24. The summed E-state index contributed by atoms with van der Waals surface area (Å²) in [6, 6.07) is 0. The minimum atomic E-state index is -0.105. The van der Waals surface area contributed by atoms with Gasteiger partial charge in [0.25, 0.3) is 0 Å². The molecule has 0 radical (unpaired) electrons. The fourth-order valence-electron chi connectivity index (χ4n) is 1.28. The van der Waals surface area contributed by atoms with Crippen LogP contribution in [0.2, 0.25) is 0 Å². The lowest BCUT2D eigenvalue weighted by Gasteiger charge is -2.24. The summed E-state index contributed by atoms with van der Waals surface area (Å²) in [5.41, 5.74) is 1.23. The second kappa shape index (κ2) is 5.21. The van der Waals surface area contributed by atoms with Gasteiger partial charge in [-0.2, -0.15) is 0 Å². The molecule has 0 aliphatic carbocycles. The average Bonchev–Trinajstić information content (AvgIpc) is 2.03. The molecule has 0 saturated carbocycles. The third-order valence-corrected chi connectivity index (χ3v) is 2.88. The van der Waals surface area contributed by atoms with Crippen LogP contribution in [0.5, 0.6) is 0 Å². The topological polar surface area (TPSA) is 17.1 Å². The zero-order valence-corrected chi connectivity index (χ0v) is 9.61. The van der Waals surface area contributed by atoms with Crippen molar-refractivity contribution in [3.63, 3.8) is 0 Å². The van der Waals surface area contributed by atoms with Crippen molar-refractivity contribution >= 4 is 5.78 Å². The first-order valence-corrected chi connectivity index (χ1v) is 5.07. The van der Waals surface area contributed by atoms with E-state index in [4.69, 9.17) is 0 Å². The van der Waals surface area contributed by atoms with Crippen LogP contribution >= 0.6 is 0 Å². The molecule has 1 atom stereocenters. The number of carbonyl (C=O) groups is 1. The van der Waals surface area contributed by atoms with Gasteiger partial charge in [0.2, 0.25) is 0 Å². The van der Waals surface area contributed by atoms with Crippen molar-refractivity contribution in [1.82, 2.24) is 0 Å². The summed E-state index contributed by atoms with van der Waals surface area (Å²) in [5.74, 6) is 0.317. The van der Waals surface area contributed by atoms with Crippen LogP contribution in [-0.2, 0) is 4.79 Å². The van der Waals surface area contributed by atoms with Gasteiger partial charge in [0.15, 0.2) is 0 Å². The molecule has 0 N–H and O–H groups in total. The number of allylic oxidation sites excluding steroid dienone is 2. The Morgan fingerprint density at radius 3 is 2.15 bits per heavy atom. The van der Waals surface area contributed by atoms with Crippen LogP contribution in [0.15, 0.2) is 11.6 Å². The van der Waals surface area contributed by atoms with Gasteiger partial charge in [-0.05, 0) is 40.0 Å². The van der Waals surface area contributed by atoms with E-state index in [0.29, 0.717) is 5.78 Å². The molecule has 0 amide bonds. The highest BCUT2D eigenvalue weighted by Crippen LogP contribution is 2.28. The normalized spacial score (nSPS) is 14.8. The molecule has 0 aromatic heterocycles. The first-order chi connectivity index (χ1) is 5.92. The molecule has 1 heteroatoms. The Bertz CT molecular complexity index is 199. The highest BCUT2D eigenvalue weighted by molar-refractivity contribution is 5.81. The Morgan fingerprint density at radius 1 is 1.31 bits per heavy atom. The summed E-state index contributed by atoms with van der Waals surface area (Å²) < 4.78 is 0. The molecule has 1 nitrogen and oxygen atoms in total. The third kappa shape index (κ3) is 4.25. The lowest BCUT2D eigenvalue weighted by molar-refractivity contribution is -0.126. The van der Waals surface area contributed by atoms with Gasteiger partial charge in [0, 0.05) is 5.41 Å². The van der Waals surface area contributed by atoms with Crippen molar-refractivity contribution in [1.29, 1.82) is 0 Å². The molecule has 0 unspecified atom stereocenters. The molecular weight excluding hydrogens is 160 g/mol. The number of ketones is 1. The van der Waals surface area contributed by atoms with Crippen LogP contribution in [-0.4, -0.2) is 5.78 Å². The zero-order valence-electron chi connectivity index (χ0n) is 9.61. The van der Waals surface area contributed by atoms with Crippen LogP contribution in [0.3, 0.4) is 0 Å². The minimum absolute atomic E-state index is 0.105. The van der Waals surface area contributed by atoms with E-state index in [-0.39, 0.29) is 5.41 Å². The molecule has 0 saturated heterocycles. The smallest absolute Gasteiger partial charge is 0.135 e. The molecule has 0 fully saturated rings. The molecular formula is C12H22O. The molecule has 0 aliphatic heterocycles. The van der Waals surface area contributed by atoms with Crippen LogP contribution in [0.4, 0.5) is 0 Å². The van der Waals surface area contributed by atoms with E-state index < -0.39 is 0 Å². The molecule has 0 heterocycles. The van der Waals surface area contributed by atoms with Gasteiger partial charge in [-0.15, -0.1) is 0 Å². The van der Waals surface area contributed by atoms with Crippen molar-refractivity contribution in [3.05, 3.63) is 11.6 Å². The van der Waals surface area contributed by atoms with Gasteiger partial charge in [0.1, 0.15) is 5.78 Å². The van der Waals surface area contributed by atoms with Gasteiger partial charge >= 0.3 is 0 Å². The van der Waals surface area contributed by atoms with E-state index in [9.17, 15) is 4.79 Å². The van der Waals surface area contributed by atoms with Crippen molar-refractivity contribution in [3.8, 4) is 0 Å². The second-order valence-corrected chi connectivity index (χ2v) is 4.29. The van der Waals surface area contributed by atoms with Crippen LogP contribution < -0.4 is 0 Å². The molecule has 0 spiro atoms. The number of carbonyl (C=O) groups excluding carboxylic acids is 1. The maximum absolute atomic E-state index is 11.4. The summed E-state index contributed by atoms with van der Waals surface area (Å²) >= 11 is 0. The molecule has 13 heavy (non-hydrogen) atoms. The first-order valence-electron chi connectivity index (χ1n) is 5.07. The lowest BCUT2D eigenvalue weighted by atomic mass is 9.79. The molecule has 0 bridgehead atoms. The quantitative estimate of drug-likeness (QED) is 0.592. The predicted molar refractivity (Wildman–Crippen MR) is 57.7 cm³/mol. The number of hydrogen-bond acceptors (Lipinski definition) is 1. The van der Waals surface area contributed by atoms with Crippen molar-refractivity contribution in [2.75, 3.05) is 0 Å². The average molecular weight is 182 g/mol. The first kappa shape index (κ1) is 12.4. The van der Waals surface area contributed by atoms with Crippen LogP contribution in [0.25, 0.3) is 0 Å². The summed E-state index contributed by atoms with van der Waals surface area (Å²) in [6.07, 6.45) is 5.14. The second-order valence-electron chi connectivity index (χ2n) is 4.29. The maximum Gasteiger partial charge on any atom is 0.135 e. The Hall–Kier alpha value is -0.590. The fourth-order valence-corrected chi connectivity index (χ4v) is 1.28. The van der Waals surface area contributed by atoms with Gasteiger partial charge in [-0.25, -0.2) is 0 Å². The molecule has 0 rings (SSSR count). The van der Waals surface area contributed by atoms with Crippen LogP contribution in [0.1, 0.15) is 53.9 Å². The van der Waals surface area contributed by atoms with Gasteiger partial charge < -0.3 is 0 Å². The number of hydrogen-bond donors (Lipinski definition) is 0. The maximum atomic E-state index is 11.4. The van der Waals surface area contributed by atoms with E-state index in [1.807, 2.05) is 0 Å². The Labute approximate surface area is 82.2 Å². The van der Waals surface area contributed by atoms with Gasteiger partial charge in [-0.3, -0.25) is 4.79 Å². The van der Waals surface area contributed by atoms with E-state index >= 15 is 0 Å². The number of rotatable bonds is 5. The molecule has 0 aromatic carbocycles. The van der Waals surface area contributed by atoms with E-state index in [1.54, 1.807) is 6.92 Å². The Morgan fingerprint density at radius 2 is 1.85 bits per heavy atom. The summed E-state index contributed by atoms with van der Waals surface area (Å²) in [6.45, 7) is 10.0. The van der Waals surface area contributed by atoms with Crippen molar-refractivity contribution in [2.24, 2.45) is 5.41 Å². The standard InChI is InChI=1S/C12H22O/c1-6-12(5,11(4)13)9-7-8-10(2)3/h8H,6-7,9H2,1-5H3/t12-/m1/s1. The SMILES string of the molecule is CC[C@](C)(CCC=C(C)C)C(C)=O. The Balaban J connectivity index is 4.14. The third-order valence-electron chi connectivity index (χ3n) is 2.88. The van der Waals surface area contributed by atoms with E-state index in [1.165, 1.54) is 5.57 Å². The van der Waals surface area contributed by atoms with Gasteiger partial charge in [0.05, 0.1) is 0 Å². The minimum Gasteiger partial charge on any atom is -0.299 e. The molecule has 76 valence electrons. The van der Waals surface area contributed by atoms with E-state index in [0.717, 1.165) is 19.3 Å². The largest absolute Gasteiger partial charge is 0.299 e. The Kier molecular flexibility index (Phi) is 4.97. The molecule has 0 aromatic rings. The number of Topliss-reactive ketones (excluding diaryl/α,β-unsaturated/α-hetero) is 1. The highest BCUT2D eigenvalue weighted by atomic mass is 16.1. The monoisotopic (exact) mass is 182 g/mol. The zero-order chi connectivity index (χ0) is 10.5. The van der Waals surface area contributed by atoms with Crippen molar-refractivity contribution < 1.29 is 4.79 Å². The van der Waals surface area contributed by atoms with Crippen molar-refractivity contribution in [2.45, 2.75) is 53.9 Å². The molecule has 0 aliphatic rings. The van der Waals surface area contributed by atoms with Gasteiger partial charge in [-0.1, -0.05) is 25.5 Å². The highest BCUT2D eigenvalue weighted by Gasteiger charge is 2.26. The van der Waals surface area contributed by atoms with Crippen LogP contribution in [0, 0.1) is 5.41 Å². The fraction of sp³-hybridized carbons (Fsp3) is 0.750. The summed E-state index contributed by atoms with van der Waals surface area (Å²) in [7, 11) is 0.